The molecule has 0 fully saturated rings. The Kier molecular flexibility index (Phi) is 2.88. The number of hydrogen-bond acceptors (Lipinski definition) is 5. The maximum atomic E-state index is 5.90. The Morgan fingerprint density at radius 1 is 1.10 bits per heavy atom. The molecule has 104 valence electrons. The third kappa shape index (κ3) is 2.27. The summed E-state index contributed by atoms with van der Waals surface area (Å²) in [7, 11) is 0. The first kappa shape index (κ1) is 12.1. The molecule has 1 aliphatic heterocycles. The summed E-state index contributed by atoms with van der Waals surface area (Å²) >= 11 is 0. The zero-order valence-electron chi connectivity index (χ0n) is 11.4. The van der Waals surface area contributed by atoms with Gasteiger partial charge in [-0.2, -0.15) is 0 Å². The van der Waals surface area contributed by atoms with Crippen LogP contribution in [0.1, 0.15) is 11.5 Å². The standard InChI is InChI=1S/C16H14N4O/c1-2-4-12(5-3-1)16-19-13-11-20(9-6-14(13)21-16)15-10-17-7-8-18-15/h1-5,7-8,10H,6,9,11H2. The van der Waals surface area contributed by atoms with Crippen molar-refractivity contribution >= 4 is 5.82 Å². The van der Waals surface area contributed by atoms with Gasteiger partial charge < -0.3 is 9.32 Å². The number of nitrogens with zero attached hydrogens (tertiary/aromatic N) is 4. The highest BCUT2D eigenvalue weighted by Crippen LogP contribution is 2.27. The Labute approximate surface area is 122 Å². The number of rotatable bonds is 2. The van der Waals surface area contributed by atoms with Crippen LogP contribution in [0.4, 0.5) is 5.82 Å². The van der Waals surface area contributed by atoms with Crippen LogP contribution in [0.2, 0.25) is 0 Å². The van der Waals surface area contributed by atoms with Gasteiger partial charge >= 0.3 is 0 Å². The molecule has 0 radical (unpaired) electrons. The summed E-state index contributed by atoms with van der Waals surface area (Å²) < 4.78 is 5.90. The van der Waals surface area contributed by atoms with Crippen molar-refractivity contribution in [2.45, 2.75) is 13.0 Å². The summed E-state index contributed by atoms with van der Waals surface area (Å²) in [6.45, 7) is 1.58. The molecule has 0 atom stereocenters. The van der Waals surface area contributed by atoms with Gasteiger partial charge in [0.1, 0.15) is 17.3 Å². The first-order valence-corrected chi connectivity index (χ1v) is 6.95. The Morgan fingerprint density at radius 2 is 2.00 bits per heavy atom. The van der Waals surface area contributed by atoms with Crippen molar-refractivity contribution in [1.82, 2.24) is 15.0 Å². The van der Waals surface area contributed by atoms with Crippen molar-refractivity contribution in [3.63, 3.8) is 0 Å². The van der Waals surface area contributed by atoms with Gasteiger partial charge in [-0.25, -0.2) is 9.97 Å². The van der Waals surface area contributed by atoms with Crippen LogP contribution in [0.5, 0.6) is 0 Å². The fourth-order valence-corrected chi connectivity index (χ4v) is 2.55. The average molecular weight is 278 g/mol. The number of hydrogen-bond donors (Lipinski definition) is 0. The second-order valence-corrected chi connectivity index (χ2v) is 4.99. The molecule has 0 bridgehead atoms. The van der Waals surface area contributed by atoms with E-state index in [1.54, 1.807) is 18.6 Å². The minimum Gasteiger partial charge on any atom is -0.441 e. The van der Waals surface area contributed by atoms with Crippen LogP contribution in [0.3, 0.4) is 0 Å². The van der Waals surface area contributed by atoms with Crippen LogP contribution in [-0.4, -0.2) is 21.5 Å². The molecule has 2 aromatic heterocycles. The number of fused-ring (bicyclic) bond motifs is 1. The van der Waals surface area contributed by atoms with E-state index < -0.39 is 0 Å². The van der Waals surface area contributed by atoms with Crippen molar-refractivity contribution in [2.75, 3.05) is 11.4 Å². The highest BCUT2D eigenvalue weighted by Gasteiger charge is 2.23. The topological polar surface area (TPSA) is 55.1 Å². The van der Waals surface area contributed by atoms with E-state index in [0.717, 1.165) is 35.8 Å². The number of oxazole rings is 1. The molecule has 5 heteroatoms. The highest BCUT2D eigenvalue weighted by atomic mass is 16.4. The first-order valence-electron chi connectivity index (χ1n) is 6.95. The lowest BCUT2D eigenvalue weighted by Crippen LogP contribution is -2.30. The molecule has 21 heavy (non-hydrogen) atoms. The SMILES string of the molecule is c1ccc(-c2nc3c(o2)CCN(c2cnccn2)C3)cc1. The van der Waals surface area contributed by atoms with Crippen LogP contribution >= 0.6 is 0 Å². The van der Waals surface area contributed by atoms with Crippen LogP contribution in [0.15, 0.2) is 53.3 Å². The number of anilines is 1. The minimum absolute atomic E-state index is 0.696. The molecule has 0 amide bonds. The first-order chi connectivity index (χ1) is 10.4. The minimum atomic E-state index is 0.696. The van der Waals surface area contributed by atoms with E-state index in [2.05, 4.69) is 19.9 Å². The summed E-state index contributed by atoms with van der Waals surface area (Å²) in [5.74, 6) is 2.56. The van der Waals surface area contributed by atoms with Gasteiger partial charge in [-0.1, -0.05) is 18.2 Å². The van der Waals surface area contributed by atoms with Crippen LogP contribution in [-0.2, 0) is 13.0 Å². The molecule has 0 saturated heterocycles. The Balaban J connectivity index is 1.63. The average Bonchev–Trinajstić information content (AvgIpc) is 2.99. The molecule has 0 spiro atoms. The van der Waals surface area contributed by atoms with E-state index in [1.165, 1.54) is 0 Å². The largest absolute Gasteiger partial charge is 0.441 e. The van der Waals surface area contributed by atoms with Gasteiger partial charge in [0.25, 0.3) is 0 Å². The summed E-state index contributed by atoms with van der Waals surface area (Å²) in [6.07, 6.45) is 6.01. The van der Waals surface area contributed by atoms with Crippen molar-refractivity contribution in [3.8, 4) is 11.5 Å². The number of benzene rings is 1. The quantitative estimate of drug-likeness (QED) is 0.721. The highest BCUT2D eigenvalue weighted by molar-refractivity contribution is 5.54. The Morgan fingerprint density at radius 3 is 2.81 bits per heavy atom. The monoisotopic (exact) mass is 278 g/mol. The zero-order valence-corrected chi connectivity index (χ0v) is 11.4. The van der Waals surface area contributed by atoms with Crippen molar-refractivity contribution < 1.29 is 4.42 Å². The molecule has 0 unspecified atom stereocenters. The Bertz CT molecular complexity index is 739. The lowest BCUT2D eigenvalue weighted by molar-refractivity contribution is 0.498. The van der Waals surface area contributed by atoms with Gasteiger partial charge in [0.05, 0.1) is 12.7 Å². The van der Waals surface area contributed by atoms with Crippen LogP contribution < -0.4 is 4.90 Å². The maximum Gasteiger partial charge on any atom is 0.226 e. The third-order valence-corrected chi connectivity index (χ3v) is 3.62. The summed E-state index contributed by atoms with van der Waals surface area (Å²) in [5, 5.41) is 0. The fraction of sp³-hybridized carbons (Fsp3) is 0.188. The van der Waals surface area contributed by atoms with E-state index in [-0.39, 0.29) is 0 Å². The summed E-state index contributed by atoms with van der Waals surface area (Å²) in [5.41, 5.74) is 2.00. The lowest BCUT2D eigenvalue weighted by Gasteiger charge is -2.25. The predicted octanol–water partition coefficient (Wildman–Crippen LogP) is 2.69. The summed E-state index contributed by atoms with van der Waals surface area (Å²) in [6, 6.07) is 9.99. The van der Waals surface area contributed by atoms with E-state index in [9.17, 15) is 0 Å². The summed E-state index contributed by atoms with van der Waals surface area (Å²) in [4.78, 5) is 15.3. The normalized spacial score (nSPS) is 14.0. The second kappa shape index (κ2) is 5.01. The molecule has 0 aliphatic carbocycles. The molecule has 3 heterocycles. The van der Waals surface area contributed by atoms with Crippen LogP contribution in [0, 0.1) is 0 Å². The fourth-order valence-electron chi connectivity index (χ4n) is 2.55. The van der Waals surface area contributed by atoms with E-state index >= 15 is 0 Å². The molecular formula is C16H14N4O. The molecule has 1 aromatic carbocycles. The van der Waals surface area contributed by atoms with Gasteiger partial charge in [0.2, 0.25) is 5.89 Å². The number of aromatic nitrogens is 3. The van der Waals surface area contributed by atoms with E-state index in [1.807, 2.05) is 30.3 Å². The van der Waals surface area contributed by atoms with Crippen molar-refractivity contribution in [3.05, 3.63) is 60.4 Å². The molecule has 0 saturated carbocycles. The second-order valence-electron chi connectivity index (χ2n) is 4.99. The third-order valence-electron chi connectivity index (χ3n) is 3.62. The smallest absolute Gasteiger partial charge is 0.226 e. The lowest BCUT2D eigenvalue weighted by atomic mass is 10.2. The van der Waals surface area contributed by atoms with Gasteiger partial charge in [-0.3, -0.25) is 4.98 Å². The van der Waals surface area contributed by atoms with Gasteiger partial charge in [0, 0.05) is 30.9 Å². The van der Waals surface area contributed by atoms with Gasteiger partial charge in [-0.15, -0.1) is 0 Å². The predicted molar refractivity (Wildman–Crippen MR) is 78.7 cm³/mol. The molecule has 1 aliphatic rings. The molecule has 0 N–H and O–H groups in total. The van der Waals surface area contributed by atoms with E-state index in [0.29, 0.717) is 12.4 Å². The molecule has 5 nitrogen and oxygen atoms in total. The Hall–Kier alpha value is -2.69. The van der Waals surface area contributed by atoms with Crippen molar-refractivity contribution in [2.24, 2.45) is 0 Å². The molecule has 3 aromatic rings. The van der Waals surface area contributed by atoms with Gasteiger partial charge in [0.15, 0.2) is 0 Å². The maximum absolute atomic E-state index is 5.90. The zero-order chi connectivity index (χ0) is 14.1. The molecular weight excluding hydrogens is 264 g/mol. The molecule has 4 rings (SSSR count). The van der Waals surface area contributed by atoms with Crippen molar-refractivity contribution in [1.29, 1.82) is 0 Å². The van der Waals surface area contributed by atoms with E-state index in [4.69, 9.17) is 4.42 Å². The van der Waals surface area contributed by atoms with Crippen LogP contribution in [0.25, 0.3) is 11.5 Å². The van der Waals surface area contributed by atoms with Gasteiger partial charge in [-0.05, 0) is 12.1 Å².